The maximum Gasteiger partial charge on any atom is 0.504 e. The average Bonchev–Trinajstić information content (AvgIpc) is 2.82. The van der Waals surface area contributed by atoms with E-state index >= 15 is 0 Å². The third kappa shape index (κ3) is 4.37. The Morgan fingerprint density at radius 1 is 1.38 bits per heavy atom. The van der Waals surface area contributed by atoms with Crippen molar-refractivity contribution >= 4 is 8.03 Å². The smallest absolute Gasteiger partial charge is 0.374 e. The molecule has 1 aliphatic rings. The lowest BCUT2D eigenvalue weighted by atomic mass is 10.1. The number of H-pyrrole nitrogens is 1. The third-order valence-electron chi connectivity index (χ3n) is 3.53. The lowest BCUT2D eigenvalue weighted by Gasteiger charge is -2.24. The van der Waals surface area contributed by atoms with Gasteiger partial charge in [0.2, 0.25) is 0 Å². The molecule has 2 rings (SSSR count). The number of nitrogens with zero attached hydrogens (tertiary/aromatic N) is 1. The number of ether oxygens (including phenoxy) is 3. The summed E-state index contributed by atoms with van der Waals surface area (Å²) in [7, 11) is -0.312. The van der Waals surface area contributed by atoms with E-state index in [4.69, 9.17) is 18.7 Å². The monoisotopic (exact) mass is 361 g/mol. The first kappa shape index (κ1) is 19.0. The van der Waals surface area contributed by atoms with Crippen molar-refractivity contribution in [3.63, 3.8) is 0 Å². The molecule has 134 valence electrons. The molecule has 9 nitrogen and oxygen atoms in total. The van der Waals surface area contributed by atoms with Crippen LogP contribution in [-0.4, -0.2) is 54.3 Å². The van der Waals surface area contributed by atoms with Gasteiger partial charge in [0.15, 0.2) is 12.9 Å². The first-order valence-corrected chi connectivity index (χ1v) is 9.15. The molecule has 1 aromatic rings. The van der Waals surface area contributed by atoms with Gasteiger partial charge in [0.1, 0.15) is 24.9 Å². The molecule has 1 aromatic heterocycles. The highest BCUT2D eigenvalue weighted by molar-refractivity contribution is 7.38. The van der Waals surface area contributed by atoms with Crippen molar-refractivity contribution in [2.45, 2.75) is 44.5 Å². The van der Waals surface area contributed by atoms with E-state index in [-0.39, 0.29) is 12.7 Å². The first-order chi connectivity index (χ1) is 11.3. The van der Waals surface area contributed by atoms with Crippen LogP contribution in [0.4, 0.5) is 0 Å². The molecule has 1 N–H and O–H groups in total. The first-order valence-electron chi connectivity index (χ1n) is 7.52. The maximum atomic E-state index is 12.0. The molecule has 5 atom stereocenters. The third-order valence-corrected chi connectivity index (χ3v) is 4.05. The molecule has 0 amide bonds. The Balaban J connectivity index is 2.32. The molecule has 1 fully saturated rings. The van der Waals surface area contributed by atoms with E-state index in [1.807, 2.05) is 13.8 Å². The van der Waals surface area contributed by atoms with Crippen molar-refractivity contribution in [3.8, 4) is 0 Å². The molecular weight excluding hydrogens is 339 g/mol. The number of aromatic amines is 1. The van der Waals surface area contributed by atoms with Crippen LogP contribution < -0.4 is 11.2 Å². The van der Waals surface area contributed by atoms with Crippen LogP contribution >= 0.6 is 8.03 Å². The summed E-state index contributed by atoms with van der Waals surface area (Å²) in [6, 6.07) is 1.22. The molecule has 1 saturated heterocycles. The SMILES string of the molecule is COC1C(OC(C)C)[C@@H](CO[P+](C)=O)O[C@H]1n1ccc(=O)[nH]c1=O. The molecule has 3 unspecified atom stereocenters. The van der Waals surface area contributed by atoms with Gasteiger partial charge in [-0.2, -0.15) is 0 Å². The summed E-state index contributed by atoms with van der Waals surface area (Å²) in [5.74, 6) is 0. The molecule has 0 radical (unpaired) electrons. The highest BCUT2D eigenvalue weighted by Gasteiger charge is 2.48. The summed E-state index contributed by atoms with van der Waals surface area (Å²) < 4.78 is 34.8. The molecule has 0 aromatic carbocycles. The normalized spacial score (nSPS) is 27.6. The molecular formula is C14H22N2O7P+. The summed E-state index contributed by atoms with van der Waals surface area (Å²) >= 11 is 0. The molecule has 0 saturated carbocycles. The highest BCUT2D eigenvalue weighted by Crippen LogP contribution is 2.34. The van der Waals surface area contributed by atoms with Gasteiger partial charge in [0.25, 0.3) is 5.56 Å². The summed E-state index contributed by atoms with van der Waals surface area (Å²) in [6.45, 7) is 5.22. The van der Waals surface area contributed by atoms with Crippen LogP contribution in [0.25, 0.3) is 0 Å². The Labute approximate surface area is 139 Å². The minimum absolute atomic E-state index is 0.0392. The van der Waals surface area contributed by atoms with Gasteiger partial charge in [-0.1, -0.05) is 0 Å². The highest BCUT2D eigenvalue weighted by atomic mass is 31.1. The van der Waals surface area contributed by atoms with Crippen molar-refractivity contribution < 1.29 is 23.3 Å². The second-order valence-corrected chi connectivity index (χ2v) is 6.81. The van der Waals surface area contributed by atoms with Gasteiger partial charge in [0, 0.05) is 19.4 Å². The van der Waals surface area contributed by atoms with Crippen LogP contribution in [0.3, 0.4) is 0 Å². The molecule has 0 bridgehead atoms. The Bertz CT molecular complexity index is 686. The number of methoxy groups -OCH3 is 1. The van der Waals surface area contributed by atoms with Gasteiger partial charge in [-0.15, -0.1) is 4.52 Å². The predicted molar refractivity (Wildman–Crippen MR) is 85.5 cm³/mol. The van der Waals surface area contributed by atoms with E-state index in [0.717, 1.165) is 0 Å². The lowest BCUT2D eigenvalue weighted by Crippen LogP contribution is -2.41. The fraction of sp³-hybridized carbons (Fsp3) is 0.714. The van der Waals surface area contributed by atoms with E-state index in [1.54, 1.807) is 0 Å². The van der Waals surface area contributed by atoms with Crippen molar-refractivity contribution in [2.75, 3.05) is 20.4 Å². The standard InChI is InChI=1S/C14H21N2O7P/c1-8(2)22-11-9(7-21-24(4)19)23-13(12(11)20-3)16-6-5-10(17)15-14(16)18/h5-6,8-9,11-13H,7H2,1-4H3/p+1/t9-,11?,12?,13-/m1/s1. The summed E-state index contributed by atoms with van der Waals surface area (Å²) in [5, 5.41) is 0. The minimum atomic E-state index is -1.80. The van der Waals surface area contributed by atoms with Crippen LogP contribution in [0.2, 0.25) is 0 Å². The van der Waals surface area contributed by atoms with Crippen molar-refractivity contribution in [1.82, 2.24) is 9.55 Å². The summed E-state index contributed by atoms with van der Waals surface area (Å²) in [4.78, 5) is 25.5. The number of hydrogen-bond donors (Lipinski definition) is 1. The van der Waals surface area contributed by atoms with Crippen LogP contribution in [0.5, 0.6) is 0 Å². The van der Waals surface area contributed by atoms with Crippen molar-refractivity contribution in [3.05, 3.63) is 33.1 Å². The number of nitrogens with one attached hydrogen (secondary N) is 1. The number of aromatic nitrogens is 2. The summed E-state index contributed by atoms with van der Waals surface area (Å²) in [6.07, 6.45) is -1.26. The minimum Gasteiger partial charge on any atom is -0.374 e. The molecule has 0 aliphatic carbocycles. The molecule has 24 heavy (non-hydrogen) atoms. The fourth-order valence-corrected chi connectivity index (χ4v) is 2.96. The maximum absolute atomic E-state index is 12.0. The lowest BCUT2D eigenvalue weighted by molar-refractivity contribution is -0.0826. The Morgan fingerprint density at radius 3 is 2.62 bits per heavy atom. The fourth-order valence-electron chi connectivity index (χ4n) is 2.60. The van der Waals surface area contributed by atoms with E-state index in [0.29, 0.717) is 0 Å². The summed E-state index contributed by atoms with van der Waals surface area (Å²) in [5.41, 5.74) is -1.11. The van der Waals surface area contributed by atoms with Crippen LogP contribution in [0.15, 0.2) is 21.9 Å². The average molecular weight is 361 g/mol. The quantitative estimate of drug-likeness (QED) is 0.710. The molecule has 0 spiro atoms. The molecule has 10 heteroatoms. The number of hydrogen-bond acceptors (Lipinski definition) is 7. The van der Waals surface area contributed by atoms with E-state index in [1.165, 1.54) is 30.6 Å². The van der Waals surface area contributed by atoms with Crippen LogP contribution in [-0.2, 0) is 23.3 Å². The Hall–Kier alpha value is -1.38. The topological polar surface area (TPSA) is 109 Å². The van der Waals surface area contributed by atoms with Crippen molar-refractivity contribution in [2.24, 2.45) is 0 Å². The largest absolute Gasteiger partial charge is 0.504 e. The zero-order valence-corrected chi connectivity index (χ0v) is 14.9. The van der Waals surface area contributed by atoms with Gasteiger partial charge in [-0.3, -0.25) is 14.3 Å². The Morgan fingerprint density at radius 2 is 2.08 bits per heavy atom. The molecule has 2 heterocycles. The zero-order chi connectivity index (χ0) is 17.9. The van der Waals surface area contributed by atoms with Gasteiger partial charge < -0.3 is 14.2 Å². The second-order valence-electron chi connectivity index (χ2n) is 5.67. The van der Waals surface area contributed by atoms with Gasteiger partial charge >= 0.3 is 13.7 Å². The zero-order valence-electron chi connectivity index (χ0n) is 14.0. The van der Waals surface area contributed by atoms with E-state index in [2.05, 4.69) is 4.98 Å². The van der Waals surface area contributed by atoms with Crippen LogP contribution in [0, 0.1) is 0 Å². The predicted octanol–water partition coefficient (Wildman–Crippen LogP) is 0.631. The van der Waals surface area contributed by atoms with Gasteiger partial charge in [-0.25, -0.2) is 4.79 Å². The molecule has 1 aliphatic heterocycles. The van der Waals surface area contributed by atoms with Crippen LogP contribution in [0.1, 0.15) is 20.1 Å². The second kappa shape index (κ2) is 8.13. The van der Waals surface area contributed by atoms with Gasteiger partial charge in [0.05, 0.1) is 6.10 Å². The Kier molecular flexibility index (Phi) is 6.42. The van der Waals surface area contributed by atoms with E-state index in [9.17, 15) is 14.2 Å². The van der Waals surface area contributed by atoms with Crippen molar-refractivity contribution in [1.29, 1.82) is 0 Å². The number of rotatable bonds is 7. The van der Waals surface area contributed by atoms with E-state index < -0.39 is 43.8 Å². The van der Waals surface area contributed by atoms with Gasteiger partial charge in [-0.05, 0) is 18.4 Å².